The SMILES string of the molecule is COCCOCCC1COCCC1Br. The molecule has 1 saturated heterocycles. The Kier molecular flexibility index (Phi) is 6.77. The van der Waals surface area contributed by atoms with Gasteiger partial charge in [0.1, 0.15) is 0 Å². The van der Waals surface area contributed by atoms with Gasteiger partial charge in [-0.15, -0.1) is 0 Å². The quantitative estimate of drug-likeness (QED) is 0.543. The molecule has 0 aromatic heterocycles. The summed E-state index contributed by atoms with van der Waals surface area (Å²) in [6.45, 7) is 3.93. The summed E-state index contributed by atoms with van der Waals surface area (Å²) in [7, 11) is 1.69. The summed E-state index contributed by atoms with van der Waals surface area (Å²) in [5.41, 5.74) is 0. The third-order valence-corrected chi connectivity index (χ3v) is 3.65. The third kappa shape index (κ3) is 4.73. The van der Waals surface area contributed by atoms with Crippen LogP contribution in [0.4, 0.5) is 0 Å². The van der Waals surface area contributed by atoms with Crippen molar-refractivity contribution in [3.63, 3.8) is 0 Å². The normalized spacial score (nSPS) is 27.9. The maximum absolute atomic E-state index is 5.42. The van der Waals surface area contributed by atoms with Crippen LogP contribution in [-0.2, 0) is 14.2 Å². The number of methoxy groups -OCH3 is 1. The van der Waals surface area contributed by atoms with Crippen LogP contribution in [0.5, 0.6) is 0 Å². The highest BCUT2D eigenvalue weighted by Gasteiger charge is 2.22. The second-order valence-corrected chi connectivity index (χ2v) is 4.71. The Morgan fingerprint density at radius 1 is 1.36 bits per heavy atom. The lowest BCUT2D eigenvalue weighted by atomic mass is 9.99. The first-order chi connectivity index (χ1) is 6.84. The smallest absolute Gasteiger partial charge is 0.0700 e. The molecule has 0 bridgehead atoms. The van der Waals surface area contributed by atoms with Crippen LogP contribution in [0, 0.1) is 5.92 Å². The van der Waals surface area contributed by atoms with Crippen molar-refractivity contribution in [2.75, 3.05) is 40.1 Å². The number of hydrogen-bond donors (Lipinski definition) is 0. The summed E-state index contributed by atoms with van der Waals surface area (Å²) in [5, 5.41) is 0. The average Bonchev–Trinajstić information content (AvgIpc) is 2.20. The van der Waals surface area contributed by atoms with Gasteiger partial charge in [0, 0.05) is 25.2 Å². The number of ether oxygens (including phenoxy) is 3. The summed E-state index contributed by atoms with van der Waals surface area (Å²) in [5.74, 6) is 0.603. The van der Waals surface area contributed by atoms with Crippen molar-refractivity contribution in [1.82, 2.24) is 0 Å². The minimum Gasteiger partial charge on any atom is -0.382 e. The van der Waals surface area contributed by atoms with Crippen LogP contribution in [0.3, 0.4) is 0 Å². The van der Waals surface area contributed by atoms with Gasteiger partial charge in [0.15, 0.2) is 0 Å². The Bertz CT molecular complexity index is 143. The molecule has 0 aliphatic carbocycles. The molecular formula is C10H19BrO3. The van der Waals surface area contributed by atoms with Crippen molar-refractivity contribution in [3.8, 4) is 0 Å². The first-order valence-electron chi connectivity index (χ1n) is 5.13. The van der Waals surface area contributed by atoms with Crippen molar-refractivity contribution in [3.05, 3.63) is 0 Å². The Balaban J connectivity index is 1.99. The fraction of sp³-hybridized carbons (Fsp3) is 1.00. The Labute approximate surface area is 94.2 Å². The lowest BCUT2D eigenvalue weighted by molar-refractivity contribution is 0.0283. The standard InChI is InChI=1S/C10H19BrO3/c1-12-6-7-13-4-2-9-8-14-5-3-10(9)11/h9-10H,2-8H2,1H3. The van der Waals surface area contributed by atoms with Gasteiger partial charge in [0.25, 0.3) is 0 Å². The average molecular weight is 267 g/mol. The zero-order valence-electron chi connectivity index (χ0n) is 8.71. The molecule has 0 spiro atoms. The highest BCUT2D eigenvalue weighted by molar-refractivity contribution is 9.09. The van der Waals surface area contributed by atoms with Crippen LogP contribution in [0.15, 0.2) is 0 Å². The van der Waals surface area contributed by atoms with E-state index < -0.39 is 0 Å². The first kappa shape index (κ1) is 12.4. The summed E-state index contributed by atoms with van der Waals surface area (Å²) in [4.78, 5) is 0.599. The topological polar surface area (TPSA) is 27.7 Å². The molecule has 0 aromatic rings. The zero-order chi connectivity index (χ0) is 10.2. The van der Waals surface area contributed by atoms with Gasteiger partial charge in [-0.25, -0.2) is 0 Å². The molecule has 1 rings (SSSR count). The van der Waals surface area contributed by atoms with Gasteiger partial charge in [-0.3, -0.25) is 0 Å². The molecule has 1 fully saturated rings. The first-order valence-corrected chi connectivity index (χ1v) is 6.04. The molecule has 0 aromatic carbocycles. The fourth-order valence-electron chi connectivity index (χ4n) is 1.51. The Morgan fingerprint density at radius 2 is 2.21 bits per heavy atom. The lowest BCUT2D eigenvalue weighted by Gasteiger charge is -2.27. The molecule has 0 amide bonds. The van der Waals surface area contributed by atoms with E-state index in [2.05, 4.69) is 15.9 Å². The van der Waals surface area contributed by atoms with Gasteiger partial charge in [-0.2, -0.15) is 0 Å². The van der Waals surface area contributed by atoms with E-state index in [1.807, 2.05) is 0 Å². The van der Waals surface area contributed by atoms with Crippen molar-refractivity contribution in [2.45, 2.75) is 17.7 Å². The molecule has 3 nitrogen and oxygen atoms in total. The number of hydrogen-bond acceptors (Lipinski definition) is 3. The van der Waals surface area contributed by atoms with Gasteiger partial charge in [-0.05, 0) is 18.8 Å². The van der Waals surface area contributed by atoms with Crippen molar-refractivity contribution >= 4 is 15.9 Å². The van der Waals surface area contributed by atoms with Crippen LogP contribution >= 0.6 is 15.9 Å². The zero-order valence-corrected chi connectivity index (χ0v) is 10.3. The fourth-order valence-corrected chi connectivity index (χ4v) is 2.12. The molecule has 0 N–H and O–H groups in total. The van der Waals surface area contributed by atoms with E-state index in [9.17, 15) is 0 Å². The van der Waals surface area contributed by atoms with Gasteiger partial charge in [0.05, 0.1) is 19.8 Å². The third-order valence-electron chi connectivity index (χ3n) is 2.45. The molecule has 1 aliphatic rings. The Morgan fingerprint density at radius 3 is 2.93 bits per heavy atom. The van der Waals surface area contributed by atoms with Crippen LogP contribution in [0.2, 0.25) is 0 Å². The van der Waals surface area contributed by atoms with Crippen molar-refractivity contribution in [1.29, 1.82) is 0 Å². The van der Waals surface area contributed by atoms with Crippen molar-refractivity contribution < 1.29 is 14.2 Å². The maximum Gasteiger partial charge on any atom is 0.0700 e. The second kappa shape index (κ2) is 7.63. The molecular weight excluding hydrogens is 248 g/mol. The summed E-state index contributed by atoms with van der Waals surface area (Å²) >= 11 is 3.68. The van der Waals surface area contributed by atoms with E-state index in [1.165, 1.54) is 0 Å². The molecule has 84 valence electrons. The largest absolute Gasteiger partial charge is 0.382 e. The van der Waals surface area contributed by atoms with Crippen molar-refractivity contribution in [2.24, 2.45) is 5.92 Å². The molecule has 2 unspecified atom stereocenters. The lowest BCUT2D eigenvalue weighted by Crippen LogP contribution is -2.28. The van der Waals surface area contributed by atoms with E-state index >= 15 is 0 Å². The maximum atomic E-state index is 5.42. The van der Waals surface area contributed by atoms with Gasteiger partial charge < -0.3 is 14.2 Å². The van der Waals surface area contributed by atoms with Crippen LogP contribution in [0.1, 0.15) is 12.8 Å². The van der Waals surface area contributed by atoms with E-state index in [1.54, 1.807) is 7.11 Å². The van der Waals surface area contributed by atoms with Crippen LogP contribution in [-0.4, -0.2) is 45.0 Å². The minimum atomic E-state index is 0.599. The Hall–Kier alpha value is 0.360. The van der Waals surface area contributed by atoms with E-state index in [4.69, 9.17) is 14.2 Å². The van der Waals surface area contributed by atoms with Crippen LogP contribution < -0.4 is 0 Å². The molecule has 1 aliphatic heterocycles. The molecule has 4 heteroatoms. The molecule has 1 heterocycles. The molecule has 0 saturated carbocycles. The van der Waals surface area contributed by atoms with Gasteiger partial charge >= 0.3 is 0 Å². The second-order valence-electron chi connectivity index (χ2n) is 3.53. The predicted octanol–water partition coefficient (Wildman–Crippen LogP) is 1.84. The predicted molar refractivity (Wildman–Crippen MR) is 59.0 cm³/mol. The monoisotopic (exact) mass is 266 g/mol. The minimum absolute atomic E-state index is 0.599. The number of rotatable bonds is 6. The van der Waals surface area contributed by atoms with Crippen LogP contribution in [0.25, 0.3) is 0 Å². The van der Waals surface area contributed by atoms with Gasteiger partial charge in [0.2, 0.25) is 0 Å². The number of alkyl halides is 1. The molecule has 14 heavy (non-hydrogen) atoms. The summed E-state index contributed by atoms with van der Waals surface area (Å²) in [6.07, 6.45) is 2.18. The highest BCUT2D eigenvalue weighted by Crippen LogP contribution is 2.24. The molecule has 0 radical (unpaired) electrons. The summed E-state index contributed by atoms with van der Waals surface area (Å²) < 4.78 is 15.7. The number of halogens is 1. The van der Waals surface area contributed by atoms with Gasteiger partial charge in [-0.1, -0.05) is 15.9 Å². The summed E-state index contributed by atoms with van der Waals surface area (Å²) in [6, 6.07) is 0. The molecule has 2 atom stereocenters. The van der Waals surface area contributed by atoms with E-state index in [0.717, 1.165) is 32.7 Å². The van der Waals surface area contributed by atoms with E-state index in [0.29, 0.717) is 24.0 Å². The van der Waals surface area contributed by atoms with E-state index in [-0.39, 0.29) is 0 Å². The highest BCUT2D eigenvalue weighted by atomic mass is 79.9.